The second kappa shape index (κ2) is 10.9. The van der Waals surface area contributed by atoms with E-state index in [1.165, 1.54) is 17.0 Å². The molecule has 4 rings (SSSR count). The van der Waals surface area contributed by atoms with Gasteiger partial charge in [0.05, 0.1) is 12.1 Å². The number of anilines is 2. The first-order chi connectivity index (χ1) is 16.8. The Balaban J connectivity index is 1.51. The Morgan fingerprint density at radius 3 is 2.66 bits per heavy atom. The Morgan fingerprint density at radius 2 is 1.97 bits per heavy atom. The zero-order valence-electron chi connectivity index (χ0n) is 18.9. The maximum Gasteiger partial charge on any atom is 0.268 e. The van der Waals surface area contributed by atoms with E-state index in [-0.39, 0.29) is 24.1 Å². The molecule has 1 fully saturated rings. The van der Waals surface area contributed by atoms with Gasteiger partial charge in [-0.1, -0.05) is 12.1 Å². The van der Waals surface area contributed by atoms with Crippen molar-refractivity contribution >= 4 is 32.9 Å². The Labute approximate surface area is 206 Å². The lowest BCUT2D eigenvalue weighted by Gasteiger charge is -2.25. The van der Waals surface area contributed by atoms with Crippen LogP contribution in [0.1, 0.15) is 24.0 Å². The van der Waals surface area contributed by atoms with Crippen LogP contribution in [0.3, 0.4) is 0 Å². The molecule has 1 aliphatic rings. The van der Waals surface area contributed by atoms with Gasteiger partial charge in [-0.25, -0.2) is 26.6 Å². The summed E-state index contributed by atoms with van der Waals surface area (Å²) in [7, 11) is -2.87. The molecule has 0 radical (unpaired) electrons. The third-order valence-electron chi connectivity index (χ3n) is 5.85. The van der Waals surface area contributed by atoms with Crippen LogP contribution in [0.15, 0.2) is 46.1 Å². The van der Waals surface area contributed by atoms with Crippen LogP contribution in [0.2, 0.25) is 0 Å². The molecule has 1 aliphatic heterocycles. The van der Waals surface area contributed by atoms with Crippen LogP contribution in [0.25, 0.3) is 0 Å². The normalized spacial score (nSPS) is 16.5. The van der Waals surface area contributed by atoms with Gasteiger partial charge < -0.3 is 10.1 Å². The summed E-state index contributed by atoms with van der Waals surface area (Å²) in [5, 5.41) is 4.22. The van der Waals surface area contributed by atoms with Gasteiger partial charge in [-0.2, -0.15) is 0 Å². The van der Waals surface area contributed by atoms with Crippen LogP contribution < -0.4 is 10.0 Å². The molecule has 0 saturated carbocycles. The second-order valence-electron chi connectivity index (χ2n) is 8.20. The van der Waals surface area contributed by atoms with Crippen molar-refractivity contribution in [2.24, 2.45) is 0 Å². The van der Waals surface area contributed by atoms with Gasteiger partial charge in [-0.3, -0.25) is 9.62 Å². The molecular weight excluding hydrogens is 501 g/mol. The van der Waals surface area contributed by atoms with Gasteiger partial charge in [0, 0.05) is 42.9 Å². The van der Waals surface area contributed by atoms with Crippen LogP contribution in [-0.4, -0.2) is 44.6 Å². The molecule has 0 bridgehead atoms. The molecule has 0 aliphatic carbocycles. The maximum absolute atomic E-state index is 14.7. The van der Waals surface area contributed by atoms with E-state index in [1.807, 2.05) is 10.8 Å². The summed E-state index contributed by atoms with van der Waals surface area (Å²) in [4.78, 5) is 4.88. The number of sulfonamides is 1. The highest BCUT2D eigenvalue weighted by Gasteiger charge is 2.27. The Morgan fingerprint density at radius 1 is 1.20 bits per heavy atom. The van der Waals surface area contributed by atoms with Gasteiger partial charge in [-0.05, 0) is 43.1 Å². The van der Waals surface area contributed by atoms with Crippen LogP contribution in [0.4, 0.5) is 24.7 Å². The number of aromatic nitrogens is 1. The highest BCUT2D eigenvalue weighted by atomic mass is 32.2. The van der Waals surface area contributed by atoms with Crippen LogP contribution >= 0.6 is 11.3 Å². The summed E-state index contributed by atoms with van der Waals surface area (Å²) in [5.41, 5.74) is 2.50. The molecular formula is C23H25F3N4O3S2. The third kappa shape index (κ3) is 5.95. The predicted molar refractivity (Wildman–Crippen MR) is 128 cm³/mol. The quantitative estimate of drug-likeness (QED) is 0.402. The summed E-state index contributed by atoms with van der Waals surface area (Å²) >= 11 is 1.13. The summed E-state index contributed by atoms with van der Waals surface area (Å²) in [6, 6.07) is 6.77. The monoisotopic (exact) mass is 526 g/mol. The lowest BCUT2D eigenvalue weighted by atomic mass is 10.1. The van der Waals surface area contributed by atoms with Gasteiger partial charge in [0.2, 0.25) is 0 Å². The molecule has 2 N–H and O–H groups in total. The molecule has 1 atom stereocenters. The van der Waals surface area contributed by atoms with Gasteiger partial charge in [0.1, 0.15) is 17.5 Å². The van der Waals surface area contributed by atoms with Crippen molar-refractivity contribution in [3.05, 3.63) is 69.8 Å². The average Bonchev–Trinajstić information content (AvgIpc) is 3.45. The van der Waals surface area contributed by atoms with Gasteiger partial charge in [-0.15, -0.1) is 11.3 Å². The summed E-state index contributed by atoms with van der Waals surface area (Å²) in [6.45, 7) is 1.95. The van der Waals surface area contributed by atoms with E-state index in [0.717, 1.165) is 48.4 Å². The zero-order chi connectivity index (χ0) is 25.0. The lowest BCUT2D eigenvalue weighted by Crippen LogP contribution is -2.32. The molecule has 35 heavy (non-hydrogen) atoms. The van der Waals surface area contributed by atoms with Crippen molar-refractivity contribution in [2.75, 3.05) is 30.3 Å². The van der Waals surface area contributed by atoms with Crippen molar-refractivity contribution in [2.45, 2.75) is 36.9 Å². The number of rotatable bonds is 10. The number of thiazole rings is 1. The van der Waals surface area contributed by atoms with E-state index in [1.54, 1.807) is 13.2 Å². The standard InChI is InChI=1S/C23H25F3N4O3S2/c1-33-12-17-5-3-7-30(17)11-15-4-2-6-19(24)18(15)10-27-16-8-20(25)23(21(26)9-16)35(31,32)29-22-13-34-14-28-22/h2,4,6,8-9,13-14,17,27,29H,3,5,7,10-12H2,1H3. The van der Waals surface area contributed by atoms with E-state index in [2.05, 4.69) is 15.2 Å². The summed E-state index contributed by atoms with van der Waals surface area (Å²) in [5.74, 6) is -3.02. The van der Waals surface area contributed by atoms with E-state index in [9.17, 15) is 21.6 Å². The number of nitrogens with zero attached hydrogens (tertiary/aromatic N) is 2. The first-order valence-corrected chi connectivity index (χ1v) is 13.3. The first-order valence-electron chi connectivity index (χ1n) is 10.9. The van der Waals surface area contributed by atoms with Crippen molar-refractivity contribution in [1.29, 1.82) is 0 Å². The molecule has 1 saturated heterocycles. The molecule has 12 heteroatoms. The Kier molecular flexibility index (Phi) is 7.95. The molecule has 3 aromatic rings. The minimum absolute atomic E-state index is 0.0137. The summed E-state index contributed by atoms with van der Waals surface area (Å²) in [6.07, 6.45) is 2.03. The first kappa shape index (κ1) is 25.4. The number of hydrogen-bond donors (Lipinski definition) is 2. The van der Waals surface area contributed by atoms with E-state index >= 15 is 0 Å². The number of methoxy groups -OCH3 is 1. The minimum atomic E-state index is -4.52. The molecule has 0 amide bonds. The fourth-order valence-corrected chi connectivity index (χ4v) is 5.89. The number of likely N-dealkylation sites (tertiary alicyclic amines) is 1. The molecule has 0 spiro atoms. The highest BCUT2D eigenvalue weighted by molar-refractivity contribution is 7.92. The highest BCUT2D eigenvalue weighted by Crippen LogP contribution is 2.27. The Bertz CT molecular complexity index is 1250. The van der Waals surface area contributed by atoms with Gasteiger partial charge in [0.25, 0.3) is 10.0 Å². The van der Waals surface area contributed by atoms with Crippen molar-refractivity contribution in [1.82, 2.24) is 9.88 Å². The van der Waals surface area contributed by atoms with E-state index in [0.29, 0.717) is 18.7 Å². The average molecular weight is 527 g/mol. The molecule has 188 valence electrons. The van der Waals surface area contributed by atoms with E-state index in [4.69, 9.17) is 4.74 Å². The molecule has 1 aromatic heterocycles. The van der Waals surface area contributed by atoms with Gasteiger partial charge >= 0.3 is 0 Å². The molecule has 7 nitrogen and oxygen atoms in total. The predicted octanol–water partition coefficient (Wildman–Crippen LogP) is 4.58. The Hall–Kier alpha value is -2.67. The SMILES string of the molecule is COCC1CCCN1Cc1cccc(F)c1CNc1cc(F)c(S(=O)(=O)Nc2cscn2)c(F)c1. The summed E-state index contributed by atoms with van der Waals surface area (Å²) < 4.78 is 76.3. The third-order valence-corrected chi connectivity index (χ3v) is 7.85. The van der Waals surface area contributed by atoms with Crippen LogP contribution in [0.5, 0.6) is 0 Å². The number of benzene rings is 2. The number of nitrogens with one attached hydrogen (secondary N) is 2. The fraction of sp³-hybridized carbons (Fsp3) is 0.348. The van der Waals surface area contributed by atoms with Crippen LogP contribution in [-0.2, 0) is 27.8 Å². The second-order valence-corrected chi connectivity index (χ2v) is 10.5. The number of hydrogen-bond acceptors (Lipinski definition) is 7. The van der Waals surface area contributed by atoms with Crippen molar-refractivity contribution < 1.29 is 26.3 Å². The maximum atomic E-state index is 14.7. The lowest BCUT2D eigenvalue weighted by molar-refractivity contribution is 0.111. The zero-order valence-corrected chi connectivity index (χ0v) is 20.6. The van der Waals surface area contributed by atoms with E-state index < -0.39 is 32.4 Å². The van der Waals surface area contributed by atoms with Gasteiger partial charge in [0.15, 0.2) is 10.7 Å². The largest absolute Gasteiger partial charge is 0.383 e. The minimum Gasteiger partial charge on any atom is -0.383 e. The number of halogens is 3. The topological polar surface area (TPSA) is 83.6 Å². The number of ether oxygens (including phenoxy) is 1. The van der Waals surface area contributed by atoms with Crippen molar-refractivity contribution in [3.8, 4) is 0 Å². The fourth-order valence-electron chi connectivity index (χ4n) is 4.21. The molecule has 1 unspecified atom stereocenters. The van der Waals surface area contributed by atoms with Crippen molar-refractivity contribution in [3.63, 3.8) is 0 Å². The van der Waals surface area contributed by atoms with Crippen LogP contribution in [0, 0.1) is 17.5 Å². The molecule has 2 aromatic carbocycles. The smallest absolute Gasteiger partial charge is 0.268 e. The molecule has 2 heterocycles.